The summed E-state index contributed by atoms with van der Waals surface area (Å²) in [6.07, 6.45) is 0.418. The van der Waals surface area contributed by atoms with Crippen molar-refractivity contribution < 1.29 is 9.53 Å². The van der Waals surface area contributed by atoms with Crippen LogP contribution in [-0.4, -0.2) is 26.1 Å². The molecule has 0 saturated carbocycles. The Hall–Kier alpha value is -1.55. The zero-order valence-electron chi connectivity index (χ0n) is 10.4. The van der Waals surface area contributed by atoms with Crippen LogP contribution in [0.25, 0.3) is 0 Å². The van der Waals surface area contributed by atoms with Crippen LogP contribution in [0.2, 0.25) is 0 Å². The van der Waals surface area contributed by atoms with Gasteiger partial charge in [0.05, 0.1) is 6.61 Å². The van der Waals surface area contributed by atoms with Crippen LogP contribution in [0.5, 0.6) is 5.75 Å². The second-order valence-electron chi connectivity index (χ2n) is 3.81. The highest BCUT2D eigenvalue weighted by Gasteiger charge is 2.13. The summed E-state index contributed by atoms with van der Waals surface area (Å²) in [5.41, 5.74) is 6.76. The topological polar surface area (TPSA) is 64.3 Å². The highest BCUT2D eigenvalue weighted by Crippen LogP contribution is 2.21. The Labute approximate surface area is 102 Å². The van der Waals surface area contributed by atoms with Crippen molar-refractivity contribution in [1.29, 1.82) is 0 Å². The summed E-state index contributed by atoms with van der Waals surface area (Å²) < 4.78 is 5.37. The van der Waals surface area contributed by atoms with Gasteiger partial charge < -0.3 is 15.8 Å². The standard InChI is InChI=1S/C13H20N2O2/c1-3-17-12-6-4-10(5-7-12)11(9-14)8-13(16)15-2/h4-7,11H,3,8-9,14H2,1-2H3,(H,15,16). The van der Waals surface area contributed by atoms with Crippen molar-refractivity contribution in [2.24, 2.45) is 5.73 Å². The van der Waals surface area contributed by atoms with Crippen LogP contribution in [-0.2, 0) is 4.79 Å². The van der Waals surface area contributed by atoms with Crippen LogP contribution in [0.15, 0.2) is 24.3 Å². The molecule has 4 nitrogen and oxygen atoms in total. The van der Waals surface area contributed by atoms with Gasteiger partial charge in [0.15, 0.2) is 0 Å². The molecule has 4 heteroatoms. The fraction of sp³-hybridized carbons (Fsp3) is 0.462. The Morgan fingerprint density at radius 1 is 1.41 bits per heavy atom. The van der Waals surface area contributed by atoms with Crippen molar-refractivity contribution in [3.63, 3.8) is 0 Å². The number of nitrogens with one attached hydrogen (secondary N) is 1. The lowest BCUT2D eigenvalue weighted by Gasteiger charge is -2.14. The molecule has 0 spiro atoms. The molecule has 1 aromatic carbocycles. The summed E-state index contributed by atoms with van der Waals surface area (Å²) in [6.45, 7) is 3.06. The first-order valence-corrected chi connectivity index (χ1v) is 5.84. The monoisotopic (exact) mass is 236 g/mol. The summed E-state index contributed by atoms with van der Waals surface area (Å²) in [5.74, 6) is 0.909. The van der Waals surface area contributed by atoms with Crippen molar-refractivity contribution >= 4 is 5.91 Å². The fourth-order valence-electron chi connectivity index (χ4n) is 1.67. The Bertz CT molecular complexity index is 349. The lowest BCUT2D eigenvalue weighted by molar-refractivity contribution is -0.120. The molecule has 0 saturated heterocycles. The predicted octanol–water partition coefficient (Wildman–Crippen LogP) is 1.26. The number of ether oxygens (including phenoxy) is 1. The number of carbonyl (C=O) groups excluding carboxylic acids is 1. The summed E-state index contributed by atoms with van der Waals surface area (Å²) >= 11 is 0. The summed E-state index contributed by atoms with van der Waals surface area (Å²) in [4.78, 5) is 11.3. The Morgan fingerprint density at radius 2 is 2.06 bits per heavy atom. The number of nitrogens with two attached hydrogens (primary N) is 1. The first kappa shape index (κ1) is 13.5. The second kappa shape index (κ2) is 6.91. The molecule has 3 N–H and O–H groups in total. The minimum atomic E-state index is 0.00864. The van der Waals surface area contributed by atoms with E-state index < -0.39 is 0 Å². The van der Waals surface area contributed by atoms with Crippen LogP contribution in [0.1, 0.15) is 24.8 Å². The molecule has 0 bridgehead atoms. The highest BCUT2D eigenvalue weighted by atomic mass is 16.5. The molecule has 1 unspecified atom stereocenters. The van der Waals surface area contributed by atoms with Gasteiger partial charge >= 0.3 is 0 Å². The smallest absolute Gasteiger partial charge is 0.220 e. The summed E-state index contributed by atoms with van der Waals surface area (Å²) in [5, 5.41) is 2.61. The molecule has 0 heterocycles. The largest absolute Gasteiger partial charge is 0.494 e. The van der Waals surface area contributed by atoms with E-state index in [4.69, 9.17) is 10.5 Å². The summed E-state index contributed by atoms with van der Waals surface area (Å²) in [7, 11) is 1.63. The second-order valence-corrected chi connectivity index (χ2v) is 3.81. The molecular formula is C13H20N2O2. The average Bonchev–Trinajstić information content (AvgIpc) is 2.37. The Kier molecular flexibility index (Phi) is 5.49. The zero-order valence-corrected chi connectivity index (χ0v) is 10.4. The van der Waals surface area contributed by atoms with Gasteiger partial charge in [-0.15, -0.1) is 0 Å². The van der Waals surface area contributed by atoms with Crippen molar-refractivity contribution in [2.45, 2.75) is 19.3 Å². The SMILES string of the molecule is CCOc1ccc(C(CN)CC(=O)NC)cc1. The van der Waals surface area contributed by atoms with Gasteiger partial charge in [0.1, 0.15) is 5.75 Å². The van der Waals surface area contributed by atoms with Gasteiger partial charge in [-0.25, -0.2) is 0 Å². The van der Waals surface area contributed by atoms with E-state index in [0.29, 0.717) is 19.6 Å². The lowest BCUT2D eigenvalue weighted by Crippen LogP contribution is -2.24. The predicted molar refractivity (Wildman–Crippen MR) is 68.1 cm³/mol. The number of rotatable bonds is 6. The first-order chi connectivity index (χ1) is 8.21. The molecule has 0 aliphatic rings. The lowest BCUT2D eigenvalue weighted by atomic mass is 9.95. The van der Waals surface area contributed by atoms with E-state index in [2.05, 4.69) is 5.32 Å². The molecular weight excluding hydrogens is 216 g/mol. The van der Waals surface area contributed by atoms with Crippen molar-refractivity contribution in [2.75, 3.05) is 20.2 Å². The molecule has 0 radical (unpaired) electrons. The molecule has 1 rings (SSSR count). The first-order valence-electron chi connectivity index (χ1n) is 5.84. The van der Waals surface area contributed by atoms with E-state index in [-0.39, 0.29) is 11.8 Å². The minimum Gasteiger partial charge on any atom is -0.494 e. The molecule has 0 aromatic heterocycles. The van der Waals surface area contributed by atoms with E-state index in [1.807, 2.05) is 31.2 Å². The molecule has 0 aliphatic heterocycles. The van der Waals surface area contributed by atoms with E-state index in [1.165, 1.54) is 0 Å². The van der Waals surface area contributed by atoms with Gasteiger partial charge in [-0.05, 0) is 31.2 Å². The van der Waals surface area contributed by atoms with E-state index >= 15 is 0 Å². The van der Waals surface area contributed by atoms with Crippen LogP contribution in [0.3, 0.4) is 0 Å². The maximum Gasteiger partial charge on any atom is 0.220 e. The average molecular weight is 236 g/mol. The zero-order chi connectivity index (χ0) is 12.7. The van der Waals surface area contributed by atoms with Crippen LogP contribution in [0.4, 0.5) is 0 Å². The minimum absolute atomic E-state index is 0.00864. The van der Waals surface area contributed by atoms with Crippen molar-refractivity contribution in [3.05, 3.63) is 29.8 Å². The van der Waals surface area contributed by atoms with Gasteiger partial charge in [-0.3, -0.25) is 4.79 Å². The van der Waals surface area contributed by atoms with Crippen LogP contribution < -0.4 is 15.8 Å². The van der Waals surface area contributed by atoms with Crippen LogP contribution in [0, 0.1) is 0 Å². The molecule has 0 aliphatic carbocycles. The summed E-state index contributed by atoms with van der Waals surface area (Å²) in [6, 6.07) is 7.74. The van der Waals surface area contributed by atoms with Gasteiger partial charge in [0.2, 0.25) is 5.91 Å². The third-order valence-corrected chi connectivity index (χ3v) is 2.66. The molecule has 94 valence electrons. The van der Waals surface area contributed by atoms with Gasteiger partial charge in [-0.2, -0.15) is 0 Å². The number of hydrogen-bond donors (Lipinski definition) is 2. The van der Waals surface area contributed by atoms with E-state index in [0.717, 1.165) is 11.3 Å². The molecule has 1 aromatic rings. The maximum atomic E-state index is 11.3. The molecule has 17 heavy (non-hydrogen) atoms. The van der Waals surface area contributed by atoms with Gasteiger partial charge in [-0.1, -0.05) is 12.1 Å². The van der Waals surface area contributed by atoms with Crippen molar-refractivity contribution in [1.82, 2.24) is 5.32 Å². The normalized spacial score (nSPS) is 11.9. The Morgan fingerprint density at radius 3 is 2.53 bits per heavy atom. The Balaban J connectivity index is 2.71. The molecule has 1 amide bonds. The van der Waals surface area contributed by atoms with E-state index in [9.17, 15) is 4.79 Å². The number of amides is 1. The fourth-order valence-corrected chi connectivity index (χ4v) is 1.67. The number of hydrogen-bond acceptors (Lipinski definition) is 3. The molecule has 0 fully saturated rings. The van der Waals surface area contributed by atoms with Crippen LogP contribution >= 0.6 is 0 Å². The van der Waals surface area contributed by atoms with Crippen molar-refractivity contribution in [3.8, 4) is 5.75 Å². The third-order valence-electron chi connectivity index (χ3n) is 2.66. The highest BCUT2D eigenvalue weighted by molar-refractivity contribution is 5.76. The van der Waals surface area contributed by atoms with E-state index in [1.54, 1.807) is 7.05 Å². The number of carbonyl (C=O) groups is 1. The van der Waals surface area contributed by atoms with Gasteiger partial charge in [0, 0.05) is 19.4 Å². The quantitative estimate of drug-likeness (QED) is 0.781. The van der Waals surface area contributed by atoms with Gasteiger partial charge in [0.25, 0.3) is 0 Å². The maximum absolute atomic E-state index is 11.3. The third kappa shape index (κ3) is 4.07. The molecule has 1 atom stereocenters. The number of benzene rings is 1.